The van der Waals surface area contributed by atoms with Crippen LogP contribution in [0.3, 0.4) is 0 Å². The van der Waals surface area contributed by atoms with Crippen LogP contribution in [0.2, 0.25) is 0 Å². The first-order valence-electron chi connectivity index (χ1n) is 11.1. The summed E-state index contributed by atoms with van der Waals surface area (Å²) >= 11 is 0. The summed E-state index contributed by atoms with van der Waals surface area (Å²) in [5.41, 5.74) is 0. The van der Waals surface area contributed by atoms with Gasteiger partial charge in [-0.3, -0.25) is 4.90 Å². The van der Waals surface area contributed by atoms with E-state index in [-0.39, 0.29) is 0 Å². The minimum atomic E-state index is 0.560. The maximum Gasteiger partial charge on any atom is 0.0914 e. The predicted molar refractivity (Wildman–Crippen MR) is 124 cm³/mol. The standard InChI is InChI=1S/C27H35N2/c1-29(22-26-14-6-7-15-26,23-27-16-8-9-17-27)19-18-28(20-24-10-2-3-11-24)21-25-12-4-5-13-25/h2-17,24-27H,18-23H2,1H3/q+1. The van der Waals surface area contributed by atoms with Crippen molar-refractivity contribution in [2.24, 2.45) is 23.7 Å². The number of hydrogen-bond donors (Lipinski definition) is 0. The summed E-state index contributed by atoms with van der Waals surface area (Å²) in [6, 6.07) is 0. The molecule has 0 atom stereocenters. The van der Waals surface area contributed by atoms with Gasteiger partial charge in [-0.05, 0) is 0 Å². The molecule has 4 rings (SSSR count). The number of allylic oxidation sites excluding steroid dienone is 8. The van der Waals surface area contributed by atoms with Crippen LogP contribution in [0.15, 0.2) is 97.2 Å². The maximum absolute atomic E-state index is 2.69. The molecule has 0 aliphatic heterocycles. The van der Waals surface area contributed by atoms with Crippen molar-refractivity contribution in [1.82, 2.24) is 4.90 Å². The first-order valence-corrected chi connectivity index (χ1v) is 11.1. The molecular weight excluding hydrogens is 352 g/mol. The lowest BCUT2D eigenvalue weighted by atomic mass is 10.1. The maximum atomic E-state index is 2.69. The van der Waals surface area contributed by atoms with Crippen LogP contribution in [-0.4, -0.2) is 55.7 Å². The second-order valence-corrected chi connectivity index (χ2v) is 9.20. The summed E-state index contributed by atoms with van der Waals surface area (Å²) in [4.78, 5) is 2.69. The predicted octanol–water partition coefficient (Wildman–Crippen LogP) is 4.70. The van der Waals surface area contributed by atoms with Gasteiger partial charge >= 0.3 is 0 Å². The minimum Gasteiger partial charge on any atom is -0.323 e. The van der Waals surface area contributed by atoms with Crippen LogP contribution >= 0.6 is 0 Å². The number of rotatable bonds is 11. The minimum absolute atomic E-state index is 0.560. The zero-order valence-electron chi connectivity index (χ0n) is 17.7. The van der Waals surface area contributed by atoms with E-state index in [0.717, 1.165) is 24.1 Å². The molecule has 0 bridgehead atoms. The second kappa shape index (κ2) is 9.56. The highest BCUT2D eigenvalue weighted by atomic mass is 15.3. The molecule has 0 saturated heterocycles. The van der Waals surface area contributed by atoms with Gasteiger partial charge in [0.2, 0.25) is 0 Å². The van der Waals surface area contributed by atoms with E-state index in [1.807, 2.05) is 0 Å². The SMILES string of the molecule is C[N+](CCN(CC1C=CC=C1)CC1C=CC=C1)(CC1C=CC=C1)CC1C=CC=C1. The molecule has 0 aromatic carbocycles. The molecule has 29 heavy (non-hydrogen) atoms. The number of nitrogens with zero attached hydrogens (tertiary/aromatic N) is 2. The van der Waals surface area contributed by atoms with Crippen molar-refractivity contribution >= 4 is 0 Å². The Labute approximate surface area is 176 Å². The molecule has 0 aromatic heterocycles. The van der Waals surface area contributed by atoms with E-state index in [9.17, 15) is 0 Å². The molecule has 0 aromatic rings. The lowest BCUT2D eigenvalue weighted by Gasteiger charge is -2.39. The number of quaternary nitrogens is 1. The lowest BCUT2D eigenvalue weighted by Crippen LogP contribution is -2.53. The van der Waals surface area contributed by atoms with Gasteiger partial charge in [0.1, 0.15) is 0 Å². The summed E-state index contributed by atoms with van der Waals surface area (Å²) in [6.07, 6.45) is 36.4. The van der Waals surface area contributed by atoms with Crippen LogP contribution in [0, 0.1) is 23.7 Å². The molecule has 0 heterocycles. The molecule has 2 heteroatoms. The molecule has 2 nitrogen and oxygen atoms in total. The number of hydrogen-bond acceptors (Lipinski definition) is 1. The van der Waals surface area contributed by atoms with Crippen molar-refractivity contribution in [2.75, 3.05) is 46.3 Å². The van der Waals surface area contributed by atoms with E-state index in [2.05, 4.69) is 109 Å². The zero-order chi connectivity index (χ0) is 19.9. The largest absolute Gasteiger partial charge is 0.323 e. The Morgan fingerprint density at radius 1 is 0.552 bits per heavy atom. The highest BCUT2D eigenvalue weighted by Crippen LogP contribution is 2.22. The van der Waals surface area contributed by atoms with Gasteiger partial charge in [0.15, 0.2) is 0 Å². The van der Waals surface area contributed by atoms with Crippen LogP contribution in [0.1, 0.15) is 0 Å². The molecule has 0 N–H and O–H groups in total. The average Bonchev–Trinajstić information content (AvgIpc) is 3.49. The van der Waals surface area contributed by atoms with Crippen molar-refractivity contribution in [3.8, 4) is 0 Å². The smallest absolute Gasteiger partial charge is 0.0914 e. The molecule has 0 spiro atoms. The summed E-state index contributed by atoms with van der Waals surface area (Å²) in [5, 5.41) is 0. The van der Waals surface area contributed by atoms with Gasteiger partial charge in [-0.2, -0.15) is 0 Å². The Kier molecular flexibility index (Phi) is 6.63. The summed E-state index contributed by atoms with van der Waals surface area (Å²) in [6.45, 7) is 6.95. The van der Waals surface area contributed by atoms with Crippen LogP contribution in [0.25, 0.3) is 0 Å². The van der Waals surface area contributed by atoms with Crippen molar-refractivity contribution in [3.63, 3.8) is 0 Å². The molecule has 0 radical (unpaired) electrons. The van der Waals surface area contributed by atoms with Gasteiger partial charge < -0.3 is 4.48 Å². The zero-order valence-corrected chi connectivity index (χ0v) is 17.7. The second-order valence-electron chi connectivity index (χ2n) is 9.20. The van der Waals surface area contributed by atoms with Gasteiger partial charge in [0, 0.05) is 43.3 Å². The summed E-state index contributed by atoms with van der Waals surface area (Å²) in [5.74, 6) is 2.27. The molecule has 0 fully saturated rings. The third-order valence-electron chi connectivity index (χ3n) is 6.51. The molecular formula is C27H35N2+. The third-order valence-corrected chi connectivity index (χ3v) is 6.51. The monoisotopic (exact) mass is 387 g/mol. The lowest BCUT2D eigenvalue weighted by molar-refractivity contribution is -0.912. The third kappa shape index (κ3) is 5.91. The fraction of sp³-hybridized carbons (Fsp3) is 0.407. The Hall–Kier alpha value is -2.16. The molecule has 0 saturated carbocycles. The van der Waals surface area contributed by atoms with E-state index in [1.54, 1.807) is 0 Å². The molecule has 0 unspecified atom stereocenters. The normalized spacial score (nSPS) is 21.4. The van der Waals surface area contributed by atoms with E-state index < -0.39 is 0 Å². The van der Waals surface area contributed by atoms with Crippen molar-refractivity contribution in [2.45, 2.75) is 0 Å². The Balaban J connectivity index is 1.41. The molecule has 4 aliphatic carbocycles. The topological polar surface area (TPSA) is 3.24 Å². The van der Waals surface area contributed by atoms with E-state index in [1.165, 1.54) is 19.6 Å². The summed E-state index contributed by atoms with van der Waals surface area (Å²) < 4.78 is 1.11. The van der Waals surface area contributed by atoms with Gasteiger partial charge in [-0.25, -0.2) is 0 Å². The molecule has 0 amide bonds. The van der Waals surface area contributed by atoms with Crippen LogP contribution < -0.4 is 0 Å². The van der Waals surface area contributed by atoms with Crippen molar-refractivity contribution < 1.29 is 4.48 Å². The van der Waals surface area contributed by atoms with Gasteiger partial charge in [-0.15, -0.1) is 0 Å². The van der Waals surface area contributed by atoms with E-state index in [0.29, 0.717) is 23.7 Å². The highest BCUT2D eigenvalue weighted by molar-refractivity contribution is 5.20. The van der Waals surface area contributed by atoms with Crippen LogP contribution in [0.5, 0.6) is 0 Å². The highest BCUT2D eigenvalue weighted by Gasteiger charge is 2.29. The van der Waals surface area contributed by atoms with Gasteiger partial charge in [0.25, 0.3) is 0 Å². The quantitative estimate of drug-likeness (QED) is 0.464. The average molecular weight is 388 g/mol. The fourth-order valence-corrected chi connectivity index (χ4v) is 4.91. The van der Waals surface area contributed by atoms with Crippen molar-refractivity contribution in [1.29, 1.82) is 0 Å². The first-order chi connectivity index (χ1) is 14.2. The van der Waals surface area contributed by atoms with Crippen LogP contribution in [-0.2, 0) is 0 Å². The molecule has 4 aliphatic rings. The van der Waals surface area contributed by atoms with Gasteiger partial charge in [0.05, 0.1) is 26.7 Å². The summed E-state index contributed by atoms with van der Waals surface area (Å²) in [7, 11) is 2.46. The van der Waals surface area contributed by atoms with E-state index >= 15 is 0 Å². The first kappa shape index (κ1) is 20.1. The van der Waals surface area contributed by atoms with Crippen LogP contribution in [0.4, 0.5) is 0 Å². The fourth-order valence-electron chi connectivity index (χ4n) is 4.91. The molecule has 152 valence electrons. The Morgan fingerprint density at radius 2 is 0.897 bits per heavy atom. The Bertz CT molecular complexity index is 681. The van der Waals surface area contributed by atoms with Crippen molar-refractivity contribution in [3.05, 3.63) is 97.2 Å². The number of likely N-dealkylation sites (N-methyl/N-ethyl adjacent to an activating group) is 1. The Morgan fingerprint density at radius 3 is 1.28 bits per heavy atom. The van der Waals surface area contributed by atoms with E-state index in [4.69, 9.17) is 0 Å². The van der Waals surface area contributed by atoms with Gasteiger partial charge in [-0.1, -0.05) is 97.2 Å².